The van der Waals surface area contributed by atoms with Gasteiger partial charge < -0.3 is 19.5 Å². The molecule has 0 spiro atoms. The number of ketones is 1. The van der Waals surface area contributed by atoms with Crippen LogP contribution >= 0.6 is 0 Å². The van der Waals surface area contributed by atoms with Gasteiger partial charge in [-0.05, 0) is 53.9 Å². The fraction of sp³-hybridized carbons (Fsp3) is 0.222. The summed E-state index contributed by atoms with van der Waals surface area (Å²) in [5, 5.41) is 11.1. The number of hydrogen-bond acceptors (Lipinski definition) is 6. The van der Waals surface area contributed by atoms with E-state index in [0.717, 1.165) is 18.1 Å². The number of ether oxygens (including phenoxy) is 2. The van der Waals surface area contributed by atoms with Crippen molar-refractivity contribution < 1.29 is 28.6 Å². The van der Waals surface area contributed by atoms with E-state index in [9.17, 15) is 19.1 Å². The maximum absolute atomic E-state index is 14.4. The summed E-state index contributed by atoms with van der Waals surface area (Å²) < 4.78 is 24.9. The highest BCUT2D eigenvalue weighted by Gasteiger charge is 2.46. The first-order chi connectivity index (χ1) is 16.9. The minimum absolute atomic E-state index is 0.00204. The van der Waals surface area contributed by atoms with Crippen molar-refractivity contribution in [2.75, 3.05) is 13.7 Å². The number of benzene rings is 2. The number of carbonyl (C=O) groups is 2. The van der Waals surface area contributed by atoms with Gasteiger partial charge in [0.1, 0.15) is 11.5 Å². The molecular formula is C27H25FN2O5. The SMILES string of the molecule is CCCOc1ccc([C@@H]2C(=C(O)c3ccc(OC)c(F)c3)C(=O)C(=O)N2Cc2cccnc2)cc1. The van der Waals surface area contributed by atoms with Gasteiger partial charge in [-0.1, -0.05) is 25.1 Å². The number of halogens is 1. The molecule has 1 aromatic heterocycles. The number of rotatable bonds is 8. The molecule has 3 aromatic rings. The largest absolute Gasteiger partial charge is 0.507 e. The Hall–Kier alpha value is -4.20. The van der Waals surface area contributed by atoms with Crippen molar-refractivity contribution in [2.24, 2.45) is 0 Å². The summed E-state index contributed by atoms with van der Waals surface area (Å²) in [6, 6.07) is 13.5. The van der Waals surface area contributed by atoms with Gasteiger partial charge in [-0.3, -0.25) is 14.6 Å². The van der Waals surface area contributed by atoms with Gasteiger partial charge in [0, 0.05) is 24.5 Å². The van der Waals surface area contributed by atoms with E-state index < -0.39 is 29.3 Å². The maximum Gasteiger partial charge on any atom is 0.295 e. The number of hydrogen-bond donors (Lipinski definition) is 1. The molecule has 1 aliphatic rings. The first-order valence-electron chi connectivity index (χ1n) is 11.2. The highest BCUT2D eigenvalue weighted by molar-refractivity contribution is 6.46. The number of aliphatic hydroxyl groups is 1. The Bertz CT molecular complexity index is 1260. The minimum atomic E-state index is -0.888. The molecule has 0 aliphatic carbocycles. The van der Waals surface area contributed by atoms with Crippen LogP contribution in [0.3, 0.4) is 0 Å². The van der Waals surface area contributed by atoms with Crippen molar-refractivity contribution in [3.8, 4) is 11.5 Å². The molecule has 180 valence electrons. The van der Waals surface area contributed by atoms with Crippen molar-refractivity contribution >= 4 is 17.4 Å². The average molecular weight is 477 g/mol. The molecule has 1 aliphatic heterocycles. The molecule has 2 heterocycles. The van der Waals surface area contributed by atoms with Gasteiger partial charge in [0.2, 0.25) is 0 Å². The third-order valence-corrected chi connectivity index (χ3v) is 5.71. The van der Waals surface area contributed by atoms with Crippen LogP contribution < -0.4 is 9.47 Å². The lowest BCUT2D eigenvalue weighted by Gasteiger charge is -2.25. The molecule has 4 rings (SSSR count). The van der Waals surface area contributed by atoms with Crippen LogP contribution in [0.25, 0.3) is 5.76 Å². The topological polar surface area (TPSA) is 89.0 Å². The Kier molecular flexibility index (Phi) is 7.10. The van der Waals surface area contributed by atoms with Gasteiger partial charge in [0.15, 0.2) is 11.6 Å². The van der Waals surface area contributed by atoms with E-state index in [4.69, 9.17) is 9.47 Å². The van der Waals surface area contributed by atoms with Crippen LogP contribution in [0.15, 0.2) is 72.6 Å². The molecule has 2 aromatic carbocycles. The lowest BCUT2D eigenvalue weighted by atomic mass is 9.95. The molecule has 8 heteroatoms. The number of aliphatic hydroxyl groups excluding tert-OH is 1. The number of Topliss-reactive ketones (excluding diaryl/α,β-unsaturated/α-hetero) is 1. The number of amides is 1. The van der Waals surface area contributed by atoms with Crippen LogP contribution in [0.4, 0.5) is 4.39 Å². The monoisotopic (exact) mass is 476 g/mol. The molecular weight excluding hydrogens is 451 g/mol. The Morgan fingerprint density at radius 3 is 2.54 bits per heavy atom. The second-order valence-corrected chi connectivity index (χ2v) is 8.06. The summed E-state index contributed by atoms with van der Waals surface area (Å²) in [6.07, 6.45) is 4.07. The third kappa shape index (κ3) is 4.87. The lowest BCUT2D eigenvalue weighted by molar-refractivity contribution is -0.140. The van der Waals surface area contributed by atoms with Crippen molar-refractivity contribution in [3.63, 3.8) is 0 Å². The van der Waals surface area contributed by atoms with Crippen LogP contribution in [-0.2, 0) is 16.1 Å². The van der Waals surface area contributed by atoms with E-state index in [0.29, 0.717) is 17.9 Å². The van der Waals surface area contributed by atoms with E-state index >= 15 is 0 Å². The summed E-state index contributed by atoms with van der Waals surface area (Å²) in [5.74, 6) is -2.13. The van der Waals surface area contributed by atoms with E-state index in [1.165, 1.54) is 24.1 Å². The van der Waals surface area contributed by atoms with Crippen LogP contribution in [0.2, 0.25) is 0 Å². The summed E-state index contributed by atoms with van der Waals surface area (Å²) in [5.41, 5.74) is 1.27. The van der Waals surface area contributed by atoms with Crippen LogP contribution in [0, 0.1) is 5.82 Å². The molecule has 1 fully saturated rings. The normalized spacial score (nSPS) is 17.0. The quantitative estimate of drug-likeness (QED) is 0.290. The zero-order chi connectivity index (χ0) is 24.9. The van der Waals surface area contributed by atoms with Crippen LogP contribution in [-0.4, -0.2) is 40.4 Å². The second-order valence-electron chi connectivity index (χ2n) is 8.06. The molecule has 0 radical (unpaired) electrons. The summed E-state index contributed by atoms with van der Waals surface area (Å²) in [4.78, 5) is 31.7. The van der Waals surface area contributed by atoms with Gasteiger partial charge in [-0.2, -0.15) is 0 Å². The first-order valence-corrected chi connectivity index (χ1v) is 11.2. The van der Waals surface area contributed by atoms with Crippen LogP contribution in [0.5, 0.6) is 11.5 Å². The molecule has 0 saturated carbocycles. The molecule has 1 amide bonds. The molecule has 0 unspecified atom stereocenters. The van der Waals surface area contributed by atoms with Crippen molar-refractivity contribution in [1.29, 1.82) is 0 Å². The summed E-state index contributed by atoms with van der Waals surface area (Å²) in [7, 11) is 1.33. The van der Waals surface area contributed by atoms with Gasteiger partial charge in [0.05, 0.1) is 25.3 Å². The lowest BCUT2D eigenvalue weighted by Crippen LogP contribution is -2.29. The number of nitrogens with zero attached hydrogens (tertiary/aromatic N) is 2. The highest BCUT2D eigenvalue weighted by atomic mass is 19.1. The van der Waals surface area contributed by atoms with Gasteiger partial charge in [0.25, 0.3) is 11.7 Å². The first kappa shape index (κ1) is 23.9. The smallest absolute Gasteiger partial charge is 0.295 e. The zero-order valence-corrected chi connectivity index (χ0v) is 19.4. The number of likely N-dealkylation sites (tertiary alicyclic amines) is 1. The van der Waals surface area contributed by atoms with E-state index in [1.54, 1.807) is 48.8 Å². The Morgan fingerprint density at radius 1 is 1.14 bits per heavy atom. The molecule has 1 saturated heterocycles. The van der Waals surface area contributed by atoms with Gasteiger partial charge >= 0.3 is 0 Å². The standard InChI is InChI=1S/C27H25FN2O5/c1-3-13-35-20-9-6-18(7-10-20)24-23(25(31)19-8-11-22(34-2)21(28)14-19)26(32)27(33)30(24)16-17-5-4-12-29-15-17/h4-12,14-15,24,31H,3,13,16H2,1-2H3/t24-/m1/s1. The Labute approximate surface area is 202 Å². The average Bonchev–Trinajstić information content (AvgIpc) is 3.12. The van der Waals surface area contributed by atoms with Crippen molar-refractivity contribution in [1.82, 2.24) is 9.88 Å². The predicted molar refractivity (Wildman–Crippen MR) is 127 cm³/mol. The Balaban J connectivity index is 1.81. The van der Waals surface area contributed by atoms with Crippen LogP contribution in [0.1, 0.15) is 36.1 Å². The van der Waals surface area contributed by atoms with Crippen molar-refractivity contribution in [3.05, 3.63) is 95.1 Å². The minimum Gasteiger partial charge on any atom is -0.507 e. The highest BCUT2D eigenvalue weighted by Crippen LogP contribution is 2.41. The molecule has 0 bridgehead atoms. The number of pyridine rings is 1. The number of methoxy groups -OCH3 is 1. The van der Waals surface area contributed by atoms with E-state index in [1.807, 2.05) is 6.92 Å². The fourth-order valence-corrected chi connectivity index (χ4v) is 4.01. The zero-order valence-electron chi connectivity index (χ0n) is 19.4. The summed E-state index contributed by atoms with van der Waals surface area (Å²) in [6.45, 7) is 2.66. The number of aromatic nitrogens is 1. The van der Waals surface area contributed by atoms with E-state index in [2.05, 4.69) is 4.98 Å². The fourth-order valence-electron chi connectivity index (χ4n) is 4.01. The molecule has 1 atom stereocenters. The summed E-state index contributed by atoms with van der Waals surface area (Å²) >= 11 is 0. The third-order valence-electron chi connectivity index (χ3n) is 5.71. The Morgan fingerprint density at radius 2 is 1.91 bits per heavy atom. The number of carbonyl (C=O) groups excluding carboxylic acids is 2. The maximum atomic E-state index is 14.4. The van der Waals surface area contributed by atoms with Gasteiger partial charge in [-0.25, -0.2) is 4.39 Å². The van der Waals surface area contributed by atoms with Gasteiger partial charge in [-0.15, -0.1) is 0 Å². The predicted octanol–water partition coefficient (Wildman–Crippen LogP) is 4.64. The second kappa shape index (κ2) is 10.4. The molecule has 1 N–H and O–H groups in total. The molecule has 7 nitrogen and oxygen atoms in total. The molecule has 35 heavy (non-hydrogen) atoms. The van der Waals surface area contributed by atoms with Crippen molar-refractivity contribution in [2.45, 2.75) is 25.9 Å². The van der Waals surface area contributed by atoms with E-state index in [-0.39, 0.29) is 23.4 Å².